The van der Waals surface area contributed by atoms with Crippen LogP contribution >= 0.6 is 0 Å². The maximum Gasteiger partial charge on any atom is 0.116 e. The van der Waals surface area contributed by atoms with Gasteiger partial charge in [-0.05, 0) is 57.1 Å². The largest absolute Gasteiger partial charge is 0.508 e. The maximum absolute atomic E-state index is 9.69. The Bertz CT molecular complexity index is 612. The Morgan fingerprint density at radius 3 is 2.71 bits per heavy atom. The summed E-state index contributed by atoms with van der Waals surface area (Å²) in [5.74, 6) is 0.349. The molecule has 1 aliphatic heterocycles. The molecule has 0 bridgehead atoms. The van der Waals surface area contributed by atoms with Crippen molar-refractivity contribution < 1.29 is 5.11 Å². The molecule has 2 heterocycles. The lowest BCUT2D eigenvalue weighted by Gasteiger charge is -2.32. The van der Waals surface area contributed by atoms with Gasteiger partial charge in [-0.3, -0.25) is 0 Å². The molecule has 1 fully saturated rings. The van der Waals surface area contributed by atoms with Crippen LogP contribution in [-0.2, 0) is 6.42 Å². The van der Waals surface area contributed by atoms with Crippen molar-refractivity contribution in [2.45, 2.75) is 19.8 Å². The van der Waals surface area contributed by atoms with Crippen molar-refractivity contribution in [1.29, 1.82) is 0 Å². The molecule has 0 spiro atoms. The molecule has 0 saturated carbocycles. The van der Waals surface area contributed by atoms with E-state index in [4.69, 9.17) is 0 Å². The molecule has 0 aliphatic carbocycles. The van der Waals surface area contributed by atoms with Crippen molar-refractivity contribution in [2.24, 2.45) is 0 Å². The number of H-pyrrole nitrogens is 1. The molecule has 0 radical (unpaired) electrons. The number of aromatic hydroxyl groups is 1. The van der Waals surface area contributed by atoms with Crippen molar-refractivity contribution in [1.82, 2.24) is 14.8 Å². The standard InChI is InChI=1S/C17H25N3O/c1-13-15(16-12-14(21)5-6-17(16)18-13)4-3-7-20-10-8-19(2)9-11-20/h5-6,12,18,21H,3-4,7-11H2,1-2H3. The summed E-state index contributed by atoms with van der Waals surface area (Å²) in [6.45, 7) is 8.02. The fourth-order valence-electron chi connectivity index (χ4n) is 3.24. The summed E-state index contributed by atoms with van der Waals surface area (Å²) >= 11 is 0. The number of nitrogens with one attached hydrogen (secondary N) is 1. The van der Waals surface area contributed by atoms with Crippen LogP contribution in [0.3, 0.4) is 0 Å². The summed E-state index contributed by atoms with van der Waals surface area (Å²) < 4.78 is 0. The quantitative estimate of drug-likeness (QED) is 0.907. The highest BCUT2D eigenvalue weighted by molar-refractivity contribution is 5.85. The van der Waals surface area contributed by atoms with Gasteiger partial charge >= 0.3 is 0 Å². The molecule has 2 N–H and O–H groups in total. The molecule has 1 aromatic heterocycles. The van der Waals surface area contributed by atoms with Gasteiger partial charge in [0.25, 0.3) is 0 Å². The third-order valence-corrected chi connectivity index (χ3v) is 4.60. The number of rotatable bonds is 4. The Hall–Kier alpha value is -1.52. The maximum atomic E-state index is 9.69. The number of hydrogen-bond acceptors (Lipinski definition) is 3. The molecule has 2 aromatic rings. The molecule has 4 nitrogen and oxygen atoms in total. The van der Waals surface area contributed by atoms with E-state index < -0.39 is 0 Å². The van der Waals surface area contributed by atoms with Crippen LogP contribution in [0, 0.1) is 6.92 Å². The number of aryl methyl sites for hydroxylation is 2. The van der Waals surface area contributed by atoms with Crippen LogP contribution in [0.2, 0.25) is 0 Å². The summed E-state index contributed by atoms with van der Waals surface area (Å²) in [7, 11) is 2.19. The molecular weight excluding hydrogens is 262 g/mol. The Morgan fingerprint density at radius 1 is 1.19 bits per heavy atom. The predicted octanol–water partition coefficient (Wildman–Crippen LogP) is 2.36. The molecule has 1 saturated heterocycles. The van der Waals surface area contributed by atoms with Crippen LogP contribution in [-0.4, -0.2) is 59.7 Å². The molecule has 3 rings (SSSR count). The minimum Gasteiger partial charge on any atom is -0.508 e. The highest BCUT2D eigenvalue weighted by Gasteiger charge is 2.14. The first-order valence-electron chi connectivity index (χ1n) is 7.84. The van der Waals surface area contributed by atoms with Gasteiger partial charge in [0.15, 0.2) is 0 Å². The fourth-order valence-corrected chi connectivity index (χ4v) is 3.24. The van der Waals surface area contributed by atoms with Crippen molar-refractivity contribution in [3.8, 4) is 5.75 Å². The number of likely N-dealkylation sites (N-methyl/N-ethyl adjacent to an activating group) is 1. The number of phenolic OH excluding ortho intramolecular Hbond substituents is 1. The van der Waals surface area contributed by atoms with Crippen LogP contribution in [0.15, 0.2) is 18.2 Å². The third-order valence-electron chi connectivity index (χ3n) is 4.60. The van der Waals surface area contributed by atoms with Crippen LogP contribution in [0.25, 0.3) is 10.9 Å². The smallest absolute Gasteiger partial charge is 0.116 e. The Balaban J connectivity index is 1.62. The van der Waals surface area contributed by atoms with Gasteiger partial charge in [-0.15, -0.1) is 0 Å². The molecule has 114 valence electrons. The number of aromatic nitrogens is 1. The zero-order chi connectivity index (χ0) is 14.8. The first-order chi connectivity index (χ1) is 10.1. The number of piperazine rings is 1. The number of phenols is 1. The van der Waals surface area contributed by atoms with E-state index in [1.807, 2.05) is 12.1 Å². The van der Waals surface area contributed by atoms with Crippen LogP contribution in [0.4, 0.5) is 0 Å². The summed E-state index contributed by atoms with van der Waals surface area (Å²) in [5, 5.41) is 10.9. The topological polar surface area (TPSA) is 42.5 Å². The van der Waals surface area contributed by atoms with E-state index in [0.717, 1.165) is 11.9 Å². The lowest BCUT2D eigenvalue weighted by atomic mass is 10.1. The van der Waals surface area contributed by atoms with Gasteiger partial charge in [0, 0.05) is 42.8 Å². The fraction of sp³-hybridized carbons (Fsp3) is 0.529. The molecule has 1 aromatic carbocycles. The summed E-state index contributed by atoms with van der Waals surface area (Å²) in [6, 6.07) is 5.58. The normalized spacial score (nSPS) is 17.6. The first kappa shape index (κ1) is 14.4. The SMILES string of the molecule is Cc1[nH]c2ccc(O)cc2c1CCCN1CCN(C)CC1. The minimum absolute atomic E-state index is 0.349. The van der Waals surface area contributed by atoms with Gasteiger partial charge in [0.05, 0.1) is 0 Å². The van der Waals surface area contributed by atoms with Crippen molar-refractivity contribution in [3.05, 3.63) is 29.5 Å². The predicted molar refractivity (Wildman–Crippen MR) is 87.0 cm³/mol. The molecule has 0 amide bonds. The number of fused-ring (bicyclic) bond motifs is 1. The number of benzene rings is 1. The molecule has 0 atom stereocenters. The highest BCUT2D eigenvalue weighted by Crippen LogP contribution is 2.26. The second-order valence-electron chi connectivity index (χ2n) is 6.21. The molecule has 4 heteroatoms. The van der Waals surface area contributed by atoms with Gasteiger partial charge in [0.1, 0.15) is 5.75 Å². The summed E-state index contributed by atoms with van der Waals surface area (Å²) in [4.78, 5) is 8.37. The summed E-state index contributed by atoms with van der Waals surface area (Å²) in [6.07, 6.45) is 2.24. The van der Waals surface area contributed by atoms with Gasteiger partial charge in [0.2, 0.25) is 0 Å². The molecule has 1 aliphatic rings. The van der Waals surface area contributed by atoms with Gasteiger partial charge in [-0.2, -0.15) is 0 Å². The van der Waals surface area contributed by atoms with E-state index in [9.17, 15) is 5.11 Å². The van der Waals surface area contributed by atoms with Gasteiger partial charge in [-0.25, -0.2) is 0 Å². The number of aromatic amines is 1. The van der Waals surface area contributed by atoms with E-state index in [0.29, 0.717) is 5.75 Å². The third kappa shape index (κ3) is 3.22. The van der Waals surface area contributed by atoms with E-state index in [1.54, 1.807) is 6.07 Å². The Kier molecular flexibility index (Phi) is 4.17. The lowest BCUT2D eigenvalue weighted by molar-refractivity contribution is 0.153. The van der Waals surface area contributed by atoms with E-state index in [1.165, 1.54) is 55.8 Å². The van der Waals surface area contributed by atoms with Crippen molar-refractivity contribution in [3.63, 3.8) is 0 Å². The lowest BCUT2D eigenvalue weighted by Crippen LogP contribution is -2.44. The van der Waals surface area contributed by atoms with E-state index in [2.05, 4.69) is 28.8 Å². The zero-order valence-electron chi connectivity index (χ0n) is 13.0. The first-order valence-corrected chi connectivity index (χ1v) is 7.84. The molecule has 0 unspecified atom stereocenters. The van der Waals surface area contributed by atoms with E-state index >= 15 is 0 Å². The molecule has 21 heavy (non-hydrogen) atoms. The average molecular weight is 287 g/mol. The van der Waals surface area contributed by atoms with Crippen LogP contribution < -0.4 is 0 Å². The van der Waals surface area contributed by atoms with Crippen LogP contribution in [0.1, 0.15) is 17.7 Å². The second kappa shape index (κ2) is 6.08. The molecular formula is C17H25N3O. The van der Waals surface area contributed by atoms with Gasteiger partial charge < -0.3 is 19.9 Å². The Labute approximate surface area is 126 Å². The summed E-state index contributed by atoms with van der Waals surface area (Å²) in [5.41, 5.74) is 3.71. The van der Waals surface area contributed by atoms with Crippen molar-refractivity contribution in [2.75, 3.05) is 39.8 Å². The van der Waals surface area contributed by atoms with Crippen molar-refractivity contribution >= 4 is 10.9 Å². The minimum atomic E-state index is 0.349. The monoisotopic (exact) mass is 287 g/mol. The van der Waals surface area contributed by atoms with Gasteiger partial charge in [-0.1, -0.05) is 0 Å². The number of hydrogen-bond donors (Lipinski definition) is 2. The van der Waals surface area contributed by atoms with Crippen LogP contribution in [0.5, 0.6) is 5.75 Å². The highest BCUT2D eigenvalue weighted by atomic mass is 16.3. The average Bonchev–Trinajstić information content (AvgIpc) is 2.77. The second-order valence-corrected chi connectivity index (χ2v) is 6.21. The Morgan fingerprint density at radius 2 is 1.95 bits per heavy atom. The number of nitrogens with zero attached hydrogens (tertiary/aromatic N) is 2. The van der Waals surface area contributed by atoms with E-state index in [-0.39, 0.29) is 0 Å². The zero-order valence-corrected chi connectivity index (χ0v) is 13.0.